The van der Waals surface area contributed by atoms with Gasteiger partial charge in [0.05, 0.1) is 5.56 Å². The predicted octanol–water partition coefficient (Wildman–Crippen LogP) is 0.928. The van der Waals surface area contributed by atoms with Crippen LogP contribution in [0.1, 0.15) is 10.4 Å². The first-order valence-corrected chi connectivity index (χ1v) is 5.92. The quantitative estimate of drug-likeness (QED) is 0.843. The molecule has 1 aliphatic heterocycles. The first-order valence-electron chi connectivity index (χ1n) is 5.92. The van der Waals surface area contributed by atoms with Crippen LogP contribution < -0.4 is 0 Å². The van der Waals surface area contributed by atoms with Crippen LogP contribution in [0.25, 0.3) is 0 Å². The lowest BCUT2D eigenvalue weighted by atomic mass is 10.2. The Bertz CT molecular complexity index is 408. The standard InChI is InChI=1S/C13H15NO3/c15-8-12-10-6-14(7-11(10)12)17-13(16)9-4-2-1-3-5-9/h1-5,10-12,15H,6-8H2/t10-,11+,12?. The Balaban J connectivity index is 1.55. The Morgan fingerprint density at radius 1 is 1.29 bits per heavy atom. The van der Waals surface area contributed by atoms with Crippen molar-refractivity contribution >= 4 is 5.97 Å². The van der Waals surface area contributed by atoms with E-state index >= 15 is 0 Å². The van der Waals surface area contributed by atoms with Gasteiger partial charge in [0.15, 0.2) is 0 Å². The SMILES string of the molecule is O=C(ON1C[C@@H]2C(CO)[C@@H]2C1)c1ccccc1. The van der Waals surface area contributed by atoms with E-state index in [1.54, 1.807) is 17.2 Å². The third-order valence-corrected chi connectivity index (χ3v) is 3.77. The van der Waals surface area contributed by atoms with E-state index in [1.165, 1.54) is 0 Å². The fourth-order valence-electron chi connectivity index (χ4n) is 2.70. The number of piperidine rings is 1. The average Bonchev–Trinajstić information content (AvgIpc) is 2.85. The predicted molar refractivity (Wildman–Crippen MR) is 61.0 cm³/mol. The van der Waals surface area contributed by atoms with E-state index in [1.807, 2.05) is 18.2 Å². The van der Waals surface area contributed by atoms with Crippen LogP contribution in [0.2, 0.25) is 0 Å². The minimum atomic E-state index is -0.299. The van der Waals surface area contributed by atoms with E-state index in [0.717, 1.165) is 13.1 Å². The van der Waals surface area contributed by atoms with Gasteiger partial charge in [-0.25, -0.2) is 4.79 Å². The Hall–Kier alpha value is -1.39. The molecule has 1 saturated heterocycles. The highest BCUT2D eigenvalue weighted by atomic mass is 16.7. The zero-order valence-corrected chi connectivity index (χ0v) is 9.45. The summed E-state index contributed by atoms with van der Waals surface area (Å²) in [4.78, 5) is 17.1. The summed E-state index contributed by atoms with van der Waals surface area (Å²) in [5.41, 5.74) is 0.576. The molecule has 1 aliphatic carbocycles. The van der Waals surface area contributed by atoms with Gasteiger partial charge in [-0.15, -0.1) is 5.06 Å². The summed E-state index contributed by atoms with van der Waals surface area (Å²) in [6.07, 6.45) is 0. The maximum atomic E-state index is 11.8. The fourth-order valence-corrected chi connectivity index (χ4v) is 2.70. The number of hydrogen-bond donors (Lipinski definition) is 1. The van der Waals surface area contributed by atoms with Crippen LogP contribution in [0.4, 0.5) is 0 Å². The van der Waals surface area contributed by atoms with Crippen LogP contribution in [0.3, 0.4) is 0 Å². The third-order valence-electron chi connectivity index (χ3n) is 3.77. The fraction of sp³-hybridized carbons (Fsp3) is 0.462. The average molecular weight is 233 g/mol. The molecule has 2 aliphatic rings. The number of fused-ring (bicyclic) bond motifs is 1. The van der Waals surface area contributed by atoms with Crippen molar-refractivity contribution in [2.45, 2.75) is 0 Å². The lowest BCUT2D eigenvalue weighted by Gasteiger charge is -2.17. The molecule has 1 aromatic rings. The summed E-state index contributed by atoms with van der Waals surface area (Å²) in [6, 6.07) is 9.00. The summed E-state index contributed by atoms with van der Waals surface area (Å²) < 4.78 is 0. The maximum Gasteiger partial charge on any atom is 0.357 e. The second kappa shape index (κ2) is 4.13. The molecule has 0 bridgehead atoms. The highest BCUT2D eigenvalue weighted by molar-refractivity contribution is 5.89. The molecule has 1 saturated carbocycles. The van der Waals surface area contributed by atoms with E-state index in [2.05, 4.69) is 0 Å². The van der Waals surface area contributed by atoms with Gasteiger partial charge in [0.25, 0.3) is 0 Å². The summed E-state index contributed by atoms with van der Waals surface area (Å²) in [7, 11) is 0. The molecule has 2 fully saturated rings. The molecular formula is C13H15NO3. The van der Waals surface area contributed by atoms with Gasteiger partial charge in [-0.05, 0) is 29.9 Å². The number of carbonyl (C=O) groups is 1. The number of nitrogens with zero attached hydrogens (tertiary/aromatic N) is 1. The number of hydrogen-bond acceptors (Lipinski definition) is 4. The molecule has 4 nitrogen and oxygen atoms in total. The number of aliphatic hydroxyl groups excluding tert-OH is 1. The van der Waals surface area contributed by atoms with E-state index in [-0.39, 0.29) is 12.6 Å². The highest BCUT2D eigenvalue weighted by Gasteiger charge is 2.56. The number of carbonyl (C=O) groups excluding carboxylic acids is 1. The molecule has 0 radical (unpaired) electrons. The molecule has 3 rings (SSSR count). The molecule has 0 spiro atoms. The molecular weight excluding hydrogens is 218 g/mol. The van der Waals surface area contributed by atoms with E-state index in [0.29, 0.717) is 23.3 Å². The van der Waals surface area contributed by atoms with Crippen molar-refractivity contribution in [2.24, 2.45) is 17.8 Å². The topological polar surface area (TPSA) is 49.8 Å². The second-order valence-electron chi connectivity index (χ2n) is 4.77. The van der Waals surface area contributed by atoms with Gasteiger partial charge in [0, 0.05) is 19.7 Å². The van der Waals surface area contributed by atoms with Gasteiger partial charge in [0.1, 0.15) is 0 Å². The van der Waals surface area contributed by atoms with Crippen molar-refractivity contribution in [3.63, 3.8) is 0 Å². The summed E-state index contributed by atoms with van der Waals surface area (Å²) >= 11 is 0. The van der Waals surface area contributed by atoms with Crippen LogP contribution in [0.5, 0.6) is 0 Å². The zero-order chi connectivity index (χ0) is 11.8. The number of benzene rings is 1. The van der Waals surface area contributed by atoms with Crippen LogP contribution in [0, 0.1) is 17.8 Å². The van der Waals surface area contributed by atoms with Gasteiger partial charge in [-0.2, -0.15) is 0 Å². The number of rotatable bonds is 3. The molecule has 90 valence electrons. The minimum absolute atomic E-state index is 0.260. The summed E-state index contributed by atoms with van der Waals surface area (Å²) in [6.45, 7) is 1.78. The number of aliphatic hydroxyl groups is 1. The van der Waals surface area contributed by atoms with Crippen molar-refractivity contribution in [2.75, 3.05) is 19.7 Å². The highest BCUT2D eigenvalue weighted by Crippen LogP contribution is 2.51. The van der Waals surface area contributed by atoms with E-state index in [9.17, 15) is 4.79 Å². The van der Waals surface area contributed by atoms with Crippen LogP contribution >= 0.6 is 0 Å². The lowest BCUT2D eigenvalue weighted by molar-refractivity contribution is -0.104. The molecule has 17 heavy (non-hydrogen) atoms. The van der Waals surface area contributed by atoms with Crippen LogP contribution in [0.15, 0.2) is 30.3 Å². The Labute approximate surface area is 99.8 Å². The largest absolute Gasteiger partial charge is 0.396 e. The van der Waals surface area contributed by atoms with Crippen molar-refractivity contribution in [3.05, 3.63) is 35.9 Å². The van der Waals surface area contributed by atoms with Crippen molar-refractivity contribution in [3.8, 4) is 0 Å². The van der Waals surface area contributed by atoms with Gasteiger partial charge in [-0.3, -0.25) is 0 Å². The van der Waals surface area contributed by atoms with Crippen molar-refractivity contribution in [1.29, 1.82) is 0 Å². The zero-order valence-electron chi connectivity index (χ0n) is 9.45. The molecule has 0 aromatic heterocycles. The van der Waals surface area contributed by atoms with Gasteiger partial charge in [0.2, 0.25) is 0 Å². The molecule has 1 unspecified atom stereocenters. The van der Waals surface area contributed by atoms with Crippen molar-refractivity contribution in [1.82, 2.24) is 5.06 Å². The second-order valence-corrected chi connectivity index (χ2v) is 4.77. The normalized spacial score (nSPS) is 31.0. The van der Waals surface area contributed by atoms with E-state index < -0.39 is 0 Å². The van der Waals surface area contributed by atoms with Crippen molar-refractivity contribution < 1.29 is 14.7 Å². The van der Waals surface area contributed by atoms with Gasteiger partial charge in [-0.1, -0.05) is 18.2 Å². The third kappa shape index (κ3) is 1.94. The van der Waals surface area contributed by atoms with E-state index in [4.69, 9.17) is 9.94 Å². The summed E-state index contributed by atoms with van der Waals surface area (Å²) in [5.74, 6) is 1.17. The first-order chi connectivity index (χ1) is 8.29. The molecule has 4 heteroatoms. The maximum absolute atomic E-state index is 11.8. The Morgan fingerprint density at radius 2 is 1.94 bits per heavy atom. The smallest absolute Gasteiger partial charge is 0.357 e. The molecule has 3 atom stereocenters. The first kappa shape index (κ1) is 10.7. The number of hydroxylamine groups is 2. The monoisotopic (exact) mass is 233 g/mol. The Kier molecular flexibility index (Phi) is 2.61. The minimum Gasteiger partial charge on any atom is -0.396 e. The Morgan fingerprint density at radius 3 is 2.53 bits per heavy atom. The molecule has 1 N–H and O–H groups in total. The van der Waals surface area contributed by atoms with Crippen LogP contribution in [-0.2, 0) is 4.84 Å². The summed E-state index contributed by atoms with van der Waals surface area (Å²) in [5, 5.41) is 10.8. The molecule has 0 amide bonds. The van der Waals surface area contributed by atoms with Gasteiger partial charge < -0.3 is 9.94 Å². The van der Waals surface area contributed by atoms with Crippen LogP contribution in [-0.4, -0.2) is 35.8 Å². The molecule has 1 aromatic carbocycles. The van der Waals surface area contributed by atoms with Gasteiger partial charge >= 0.3 is 5.97 Å². The lowest BCUT2D eigenvalue weighted by Crippen LogP contribution is -2.28. The molecule has 1 heterocycles.